The number of hydrogen-bond donors (Lipinski definition) is 5. The van der Waals surface area contributed by atoms with E-state index in [-0.39, 0.29) is 48.6 Å². The van der Waals surface area contributed by atoms with Crippen molar-refractivity contribution in [3.05, 3.63) is 132 Å². The summed E-state index contributed by atoms with van der Waals surface area (Å²) in [4.78, 5) is 50.1. The summed E-state index contributed by atoms with van der Waals surface area (Å²) < 4.78 is 121. The van der Waals surface area contributed by atoms with Gasteiger partial charge in [-0.1, -0.05) is 72.8 Å². The molecule has 2 atom stereocenters. The molecule has 3 aliphatic rings. The van der Waals surface area contributed by atoms with E-state index in [2.05, 4.69) is 49.1 Å². The van der Waals surface area contributed by atoms with E-state index in [0.717, 1.165) is 49.5 Å². The highest BCUT2D eigenvalue weighted by molar-refractivity contribution is 6.00. The first-order valence-electron chi connectivity index (χ1n) is 23.8. The molecule has 2 aromatic heterocycles. The Labute approximate surface area is 434 Å². The Bertz CT molecular complexity index is 3040. The van der Waals surface area contributed by atoms with Crippen molar-refractivity contribution < 1.29 is 83.5 Å². The highest BCUT2D eigenvalue weighted by Crippen LogP contribution is 2.43. The average molecular weight is 1090 g/mol. The van der Waals surface area contributed by atoms with E-state index < -0.39 is 24.9 Å². The van der Waals surface area contributed by atoms with Crippen molar-refractivity contribution in [2.45, 2.75) is 50.4 Å². The molecule has 0 radical (unpaired) electrons. The second kappa shape index (κ2) is 24.1. The molecule has 77 heavy (non-hydrogen) atoms. The molecular formula is C53H51F9N6O9. The largest absolute Gasteiger partial charge is 0.573 e. The number of carbonyl (C=O) groups excluding carboxylic acids is 3. The van der Waals surface area contributed by atoms with Gasteiger partial charge in [0.1, 0.15) is 29.2 Å². The third kappa shape index (κ3) is 14.4. The van der Waals surface area contributed by atoms with Crippen LogP contribution in [0.25, 0.3) is 44.8 Å². The predicted octanol–water partition coefficient (Wildman–Crippen LogP) is 8.97. The summed E-state index contributed by atoms with van der Waals surface area (Å²) in [6.45, 7) is 5.39. The van der Waals surface area contributed by atoms with Crippen molar-refractivity contribution in [2.24, 2.45) is 0 Å². The first kappa shape index (κ1) is 57.0. The fraction of sp³-hybridized carbons (Fsp3) is 0.321. The van der Waals surface area contributed by atoms with Crippen LogP contribution in [0.2, 0.25) is 0 Å². The molecule has 2 amide bonds. The van der Waals surface area contributed by atoms with Crippen molar-refractivity contribution in [3.8, 4) is 56.3 Å². The standard InChI is InChI=1S/C28H31F3N4O3.C23H19F3N2O4.C2HF3O2/c1-33-10-12-34(13-11-33)18-19-5-7-20(8-6-19)26-24(21-3-2-4-23(15-21)38-28(29,30)31)16-25-27(37)32-17-22(9-14-36)35(25)26;24-23(25,26)32-18-3-1-2-16(10-18)19-11-20-22(31)27-12-17(8-9-29)28(20)21(19)15-6-4-14(13-30)5-7-15;3-2(4,5)1(6)7/h2-8,15-16,22,36H,9-14,17-18H2,1H3,(H,32,37);1-7,10-11,13,17,29H,8-9,12H2,(H,27,31);(H,6,7). The number of rotatable bonds is 13. The Morgan fingerprint density at radius 3 is 1.42 bits per heavy atom. The predicted molar refractivity (Wildman–Crippen MR) is 262 cm³/mol. The lowest BCUT2D eigenvalue weighted by molar-refractivity contribution is -0.275. The minimum absolute atomic E-state index is 0.0637. The number of aliphatic hydroxyl groups excluding tert-OH is 2. The summed E-state index contributed by atoms with van der Waals surface area (Å²) >= 11 is 0. The Morgan fingerprint density at radius 1 is 0.623 bits per heavy atom. The topological polar surface area (TPSA) is 188 Å². The summed E-state index contributed by atoms with van der Waals surface area (Å²) in [5.41, 5.74) is 7.31. The van der Waals surface area contributed by atoms with Gasteiger partial charge in [0.2, 0.25) is 0 Å². The van der Waals surface area contributed by atoms with Gasteiger partial charge in [-0.25, -0.2) is 4.79 Å². The Balaban J connectivity index is 0.000000201. The number of aromatic nitrogens is 2. The molecule has 410 valence electrons. The maximum Gasteiger partial charge on any atom is 0.573 e. The zero-order chi connectivity index (χ0) is 55.8. The summed E-state index contributed by atoms with van der Waals surface area (Å²) in [5, 5.41) is 32.0. The number of halogens is 9. The smallest absolute Gasteiger partial charge is 0.475 e. The van der Waals surface area contributed by atoms with Gasteiger partial charge in [0.05, 0.1) is 23.5 Å². The SMILES string of the molecule is CN1CCN(Cc2ccc(-c3c(-c4cccc(OC(F)(F)F)c4)cc4n3C(CCO)CNC4=O)cc2)CC1.O=C(O)C(F)(F)F.O=Cc1ccc(-c2c(-c3cccc(OC(F)(F)F)c3)cc3n2C(CCO)CNC3=O)cc1. The quantitative estimate of drug-likeness (QED) is 0.0549. The summed E-state index contributed by atoms with van der Waals surface area (Å²) in [6.07, 6.45) is -13.2. The number of piperazine rings is 1. The van der Waals surface area contributed by atoms with E-state index >= 15 is 0 Å². The molecule has 0 bridgehead atoms. The number of carbonyl (C=O) groups is 4. The number of aliphatic carboxylic acids is 1. The van der Waals surface area contributed by atoms with Crippen LogP contribution < -0.4 is 20.1 Å². The van der Waals surface area contributed by atoms with Gasteiger partial charge in [-0.15, -0.1) is 26.3 Å². The normalized spacial score (nSPS) is 16.8. The molecule has 15 nitrogen and oxygen atoms in total. The van der Waals surface area contributed by atoms with Crippen LogP contribution in [-0.4, -0.2) is 137 Å². The van der Waals surface area contributed by atoms with Gasteiger partial charge < -0.3 is 49.5 Å². The zero-order valence-corrected chi connectivity index (χ0v) is 40.9. The molecule has 3 aliphatic heterocycles. The van der Waals surface area contributed by atoms with E-state index in [4.69, 9.17) is 9.90 Å². The second-order valence-corrected chi connectivity index (χ2v) is 18.0. The van der Waals surface area contributed by atoms with Crippen molar-refractivity contribution in [1.82, 2.24) is 29.6 Å². The van der Waals surface area contributed by atoms with Crippen LogP contribution in [0, 0.1) is 0 Å². The lowest BCUT2D eigenvalue weighted by Crippen LogP contribution is -2.43. The summed E-state index contributed by atoms with van der Waals surface area (Å²) in [5.74, 6) is -4.05. The number of nitrogens with one attached hydrogen (secondary N) is 2. The van der Waals surface area contributed by atoms with Crippen molar-refractivity contribution in [1.29, 1.82) is 0 Å². The molecule has 0 aliphatic carbocycles. The van der Waals surface area contributed by atoms with Gasteiger partial charge in [-0.3, -0.25) is 19.3 Å². The van der Waals surface area contributed by atoms with Crippen LogP contribution in [0.4, 0.5) is 39.5 Å². The van der Waals surface area contributed by atoms with Crippen molar-refractivity contribution in [3.63, 3.8) is 0 Å². The molecule has 2 unspecified atom stereocenters. The number of nitrogens with zero attached hydrogens (tertiary/aromatic N) is 4. The monoisotopic (exact) mass is 1090 g/mol. The number of aliphatic hydroxyl groups is 2. The average Bonchev–Trinajstić information content (AvgIpc) is 4.05. The maximum atomic E-state index is 12.9. The molecule has 0 spiro atoms. The number of likely N-dealkylation sites (N-methyl/N-ethyl adjacent to an activating group) is 1. The van der Waals surface area contributed by atoms with E-state index in [9.17, 15) is 64.1 Å². The molecule has 0 saturated carbocycles. The van der Waals surface area contributed by atoms with Crippen LogP contribution in [0.5, 0.6) is 11.5 Å². The highest BCUT2D eigenvalue weighted by atomic mass is 19.4. The van der Waals surface area contributed by atoms with E-state index in [1.807, 2.05) is 16.7 Å². The summed E-state index contributed by atoms with van der Waals surface area (Å²) in [6, 6.07) is 29.0. The molecule has 1 fully saturated rings. The molecule has 1 saturated heterocycles. The van der Waals surface area contributed by atoms with Gasteiger partial charge in [-0.2, -0.15) is 13.2 Å². The minimum atomic E-state index is -5.08. The van der Waals surface area contributed by atoms with E-state index in [0.29, 0.717) is 82.7 Å². The molecule has 24 heteroatoms. The molecule has 5 heterocycles. The van der Waals surface area contributed by atoms with Crippen LogP contribution in [-0.2, 0) is 11.3 Å². The van der Waals surface area contributed by atoms with Gasteiger partial charge in [0.25, 0.3) is 11.8 Å². The fourth-order valence-electron chi connectivity index (χ4n) is 9.21. The fourth-order valence-corrected chi connectivity index (χ4v) is 9.21. The van der Waals surface area contributed by atoms with E-state index in [1.54, 1.807) is 53.1 Å². The van der Waals surface area contributed by atoms with Crippen LogP contribution in [0.3, 0.4) is 0 Å². The Hall–Kier alpha value is -7.67. The second-order valence-electron chi connectivity index (χ2n) is 18.0. The number of carboxylic acid groups (broad SMARTS) is 1. The number of alkyl halides is 9. The minimum Gasteiger partial charge on any atom is -0.475 e. The van der Waals surface area contributed by atoms with Crippen LogP contribution in [0.1, 0.15) is 61.8 Å². The lowest BCUT2D eigenvalue weighted by Gasteiger charge is -2.32. The summed E-state index contributed by atoms with van der Waals surface area (Å²) in [7, 11) is 2.12. The van der Waals surface area contributed by atoms with E-state index in [1.165, 1.54) is 36.4 Å². The lowest BCUT2D eigenvalue weighted by atomic mass is 9.99. The number of amides is 2. The zero-order valence-electron chi connectivity index (χ0n) is 40.9. The molecule has 6 aromatic rings. The van der Waals surface area contributed by atoms with Crippen LogP contribution >= 0.6 is 0 Å². The Kier molecular flexibility index (Phi) is 17.9. The van der Waals surface area contributed by atoms with Crippen molar-refractivity contribution >= 4 is 24.1 Å². The first-order chi connectivity index (χ1) is 36.5. The third-order valence-corrected chi connectivity index (χ3v) is 12.7. The molecule has 5 N–H and O–H groups in total. The van der Waals surface area contributed by atoms with Crippen LogP contribution in [0.15, 0.2) is 109 Å². The maximum absolute atomic E-state index is 12.9. The van der Waals surface area contributed by atoms with Gasteiger partial charge in [-0.05, 0) is 84.1 Å². The first-order valence-corrected chi connectivity index (χ1v) is 23.8. The molecule has 9 rings (SSSR count). The van der Waals surface area contributed by atoms with Gasteiger partial charge in [0, 0.05) is 75.7 Å². The number of hydrogen-bond acceptors (Lipinski definition) is 10. The number of ether oxygens (including phenoxy) is 2. The number of carboxylic acids is 1. The molecule has 4 aromatic carbocycles. The van der Waals surface area contributed by atoms with Crippen molar-refractivity contribution in [2.75, 3.05) is 59.5 Å². The number of aldehydes is 1. The molecular weight excluding hydrogens is 1040 g/mol. The Morgan fingerprint density at radius 2 is 1.04 bits per heavy atom. The highest BCUT2D eigenvalue weighted by Gasteiger charge is 2.39. The third-order valence-electron chi connectivity index (χ3n) is 12.7. The van der Waals surface area contributed by atoms with Gasteiger partial charge >= 0.3 is 24.9 Å². The number of benzene rings is 4. The van der Waals surface area contributed by atoms with Gasteiger partial charge in [0.15, 0.2) is 0 Å². The number of fused-ring (bicyclic) bond motifs is 2.